The van der Waals surface area contributed by atoms with Crippen LogP contribution in [0.25, 0.3) is 0 Å². The van der Waals surface area contributed by atoms with Crippen molar-refractivity contribution in [3.05, 3.63) is 0 Å². The predicted octanol–water partition coefficient (Wildman–Crippen LogP) is 3.93. The average Bonchev–Trinajstić information content (AvgIpc) is 2.40. The normalized spacial score (nSPS) is 21.1. The van der Waals surface area contributed by atoms with Crippen LogP contribution in [0, 0.1) is 0 Å². The maximum Gasteiger partial charge on any atom is 0.0602 e. The van der Waals surface area contributed by atoms with E-state index in [4.69, 9.17) is 4.74 Å². The van der Waals surface area contributed by atoms with Crippen LogP contribution in [0.15, 0.2) is 0 Å². The molecule has 0 bridgehead atoms. The molecular formula is C17H40N2O. The Bertz CT molecular complexity index is 202. The lowest BCUT2D eigenvalue weighted by molar-refractivity contribution is -0.0521. The van der Waals surface area contributed by atoms with Crippen molar-refractivity contribution in [3.8, 4) is 0 Å². The standard InChI is InChI=1S/C8H18O.C7H16N2.C2H6/c1-6-7(2)9-8(3,4)5;1-3-9-5-4-8-6-7(9)2;1-2/h7H,6H2,1-5H3;7-8H,3-6H2,1-2H3;1-2H3. The smallest absolute Gasteiger partial charge is 0.0602 e. The van der Waals surface area contributed by atoms with Gasteiger partial charge < -0.3 is 10.1 Å². The van der Waals surface area contributed by atoms with E-state index in [1.54, 1.807) is 0 Å². The van der Waals surface area contributed by atoms with E-state index in [0.29, 0.717) is 6.10 Å². The van der Waals surface area contributed by atoms with Gasteiger partial charge >= 0.3 is 0 Å². The van der Waals surface area contributed by atoms with Gasteiger partial charge in [-0.3, -0.25) is 4.90 Å². The minimum absolute atomic E-state index is 0.0232. The van der Waals surface area contributed by atoms with E-state index in [9.17, 15) is 0 Å². The molecule has 2 unspecified atom stereocenters. The van der Waals surface area contributed by atoms with Crippen molar-refractivity contribution in [2.45, 2.75) is 86.5 Å². The van der Waals surface area contributed by atoms with Gasteiger partial charge in [-0.2, -0.15) is 0 Å². The maximum atomic E-state index is 5.59. The monoisotopic (exact) mass is 288 g/mol. The Morgan fingerprint density at radius 3 is 2.05 bits per heavy atom. The van der Waals surface area contributed by atoms with Crippen molar-refractivity contribution in [3.63, 3.8) is 0 Å². The first-order valence-electron chi connectivity index (χ1n) is 8.42. The van der Waals surface area contributed by atoms with E-state index in [1.165, 1.54) is 13.1 Å². The highest BCUT2D eigenvalue weighted by atomic mass is 16.5. The van der Waals surface area contributed by atoms with Crippen LogP contribution in [0.1, 0.15) is 68.7 Å². The average molecular weight is 289 g/mol. The molecule has 124 valence electrons. The molecule has 0 radical (unpaired) electrons. The summed E-state index contributed by atoms with van der Waals surface area (Å²) in [5.74, 6) is 0. The summed E-state index contributed by atoms with van der Waals surface area (Å²) in [5.41, 5.74) is 0.0232. The van der Waals surface area contributed by atoms with Gasteiger partial charge in [-0.05, 0) is 47.6 Å². The molecule has 3 nitrogen and oxygen atoms in total. The van der Waals surface area contributed by atoms with E-state index >= 15 is 0 Å². The highest BCUT2D eigenvalue weighted by molar-refractivity contribution is 4.74. The Hall–Kier alpha value is -0.120. The first-order chi connectivity index (χ1) is 9.30. The minimum atomic E-state index is 0.0232. The molecule has 0 saturated carbocycles. The van der Waals surface area contributed by atoms with E-state index in [-0.39, 0.29) is 5.60 Å². The zero-order chi connectivity index (χ0) is 16.2. The quantitative estimate of drug-likeness (QED) is 0.851. The van der Waals surface area contributed by atoms with Crippen molar-refractivity contribution >= 4 is 0 Å². The van der Waals surface area contributed by atoms with Crippen molar-refractivity contribution in [1.82, 2.24) is 10.2 Å². The van der Waals surface area contributed by atoms with Crippen LogP contribution in [0.5, 0.6) is 0 Å². The van der Waals surface area contributed by atoms with Crippen molar-refractivity contribution in [2.24, 2.45) is 0 Å². The summed E-state index contributed by atoms with van der Waals surface area (Å²) in [4.78, 5) is 2.50. The van der Waals surface area contributed by atoms with Crippen LogP contribution in [0.3, 0.4) is 0 Å². The van der Waals surface area contributed by atoms with Gasteiger partial charge in [0.05, 0.1) is 11.7 Å². The van der Waals surface area contributed by atoms with E-state index in [2.05, 4.69) is 58.7 Å². The molecule has 0 amide bonds. The third-order valence-corrected chi connectivity index (χ3v) is 3.17. The second-order valence-electron chi connectivity index (χ2n) is 6.13. The number of hydrogen-bond donors (Lipinski definition) is 1. The molecular weight excluding hydrogens is 248 g/mol. The Kier molecular flexibility index (Phi) is 14.0. The number of nitrogens with one attached hydrogen (secondary N) is 1. The predicted molar refractivity (Wildman–Crippen MR) is 91.5 cm³/mol. The zero-order valence-electron chi connectivity index (χ0n) is 15.5. The minimum Gasteiger partial charge on any atom is -0.373 e. The summed E-state index contributed by atoms with van der Waals surface area (Å²) >= 11 is 0. The van der Waals surface area contributed by atoms with Crippen LogP contribution in [0.4, 0.5) is 0 Å². The van der Waals surface area contributed by atoms with Crippen LogP contribution >= 0.6 is 0 Å². The topological polar surface area (TPSA) is 24.5 Å². The highest BCUT2D eigenvalue weighted by Crippen LogP contribution is 2.11. The van der Waals surface area contributed by atoms with Gasteiger partial charge in [0.25, 0.3) is 0 Å². The molecule has 3 heteroatoms. The van der Waals surface area contributed by atoms with Gasteiger partial charge in [0.1, 0.15) is 0 Å². The fraction of sp³-hybridized carbons (Fsp3) is 1.00. The summed E-state index contributed by atoms with van der Waals surface area (Å²) in [6.45, 7) is 23.7. The van der Waals surface area contributed by atoms with Crippen LogP contribution in [-0.4, -0.2) is 48.8 Å². The Morgan fingerprint density at radius 1 is 1.25 bits per heavy atom. The molecule has 2 atom stereocenters. The van der Waals surface area contributed by atoms with Gasteiger partial charge in [0.2, 0.25) is 0 Å². The Morgan fingerprint density at radius 2 is 1.80 bits per heavy atom. The molecule has 1 aliphatic rings. The summed E-state index contributed by atoms with van der Waals surface area (Å²) in [5, 5.41) is 3.36. The van der Waals surface area contributed by atoms with Crippen molar-refractivity contribution < 1.29 is 4.74 Å². The Labute approximate surface area is 128 Å². The molecule has 0 aliphatic carbocycles. The molecule has 1 N–H and O–H groups in total. The second kappa shape index (κ2) is 12.6. The van der Waals surface area contributed by atoms with Gasteiger partial charge in [0, 0.05) is 25.7 Å². The van der Waals surface area contributed by atoms with Crippen molar-refractivity contribution in [1.29, 1.82) is 0 Å². The third kappa shape index (κ3) is 12.9. The molecule has 0 aromatic rings. The number of hydrogen-bond acceptors (Lipinski definition) is 3. The zero-order valence-corrected chi connectivity index (χ0v) is 15.5. The van der Waals surface area contributed by atoms with Gasteiger partial charge in [-0.15, -0.1) is 0 Å². The van der Waals surface area contributed by atoms with E-state index < -0.39 is 0 Å². The summed E-state index contributed by atoms with van der Waals surface area (Å²) in [7, 11) is 0. The first-order valence-corrected chi connectivity index (χ1v) is 8.42. The largest absolute Gasteiger partial charge is 0.373 e. The lowest BCUT2D eigenvalue weighted by Gasteiger charge is -2.32. The fourth-order valence-corrected chi connectivity index (χ4v) is 2.04. The summed E-state index contributed by atoms with van der Waals surface area (Å²) < 4.78 is 5.59. The van der Waals surface area contributed by atoms with Gasteiger partial charge in [0.15, 0.2) is 0 Å². The van der Waals surface area contributed by atoms with Gasteiger partial charge in [-0.25, -0.2) is 0 Å². The lowest BCUT2D eigenvalue weighted by Crippen LogP contribution is -2.49. The number of likely N-dealkylation sites (N-methyl/N-ethyl adjacent to an activating group) is 1. The third-order valence-electron chi connectivity index (χ3n) is 3.17. The molecule has 0 aromatic heterocycles. The molecule has 1 aliphatic heterocycles. The van der Waals surface area contributed by atoms with E-state index in [1.807, 2.05) is 13.8 Å². The number of piperazine rings is 1. The highest BCUT2D eigenvalue weighted by Gasteiger charge is 2.14. The fourth-order valence-electron chi connectivity index (χ4n) is 2.04. The second-order valence-corrected chi connectivity index (χ2v) is 6.13. The van der Waals surface area contributed by atoms with Crippen LogP contribution < -0.4 is 5.32 Å². The molecule has 1 heterocycles. The number of nitrogens with zero attached hydrogens (tertiary/aromatic N) is 1. The molecule has 1 saturated heterocycles. The van der Waals surface area contributed by atoms with Crippen LogP contribution in [-0.2, 0) is 4.74 Å². The Balaban J connectivity index is 0. The molecule has 1 fully saturated rings. The molecule has 1 rings (SSSR count). The summed E-state index contributed by atoms with van der Waals surface area (Å²) in [6, 6.07) is 0.740. The number of ether oxygens (including phenoxy) is 1. The molecule has 0 spiro atoms. The summed E-state index contributed by atoms with van der Waals surface area (Å²) in [6.07, 6.45) is 1.49. The van der Waals surface area contributed by atoms with E-state index in [0.717, 1.165) is 25.6 Å². The van der Waals surface area contributed by atoms with Crippen LogP contribution in [0.2, 0.25) is 0 Å². The molecule has 20 heavy (non-hydrogen) atoms. The molecule has 0 aromatic carbocycles. The van der Waals surface area contributed by atoms with Gasteiger partial charge in [-0.1, -0.05) is 27.7 Å². The number of rotatable bonds is 3. The first kappa shape index (κ1) is 22.2. The SMILES string of the molecule is CC.CCC(C)OC(C)(C)C.CCN1CCNCC1C. The maximum absolute atomic E-state index is 5.59. The lowest BCUT2D eigenvalue weighted by atomic mass is 10.2. The van der Waals surface area contributed by atoms with Crippen molar-refractivity contribution in [2.75, 3.05) is 26.2 Å².